The molecule has 1 aliphatic heterocycles. The summed E-state index contributed by atoms with van der Waals surface area (Å²) in [5, 5.41) is 11.0. The molecule has 1 aromatic heterocycles. The molecule has 0 amide bonds. The Balaban J connectivity index is 2.03. The van der Waals surface area contributed by atoms with E-state index < -0.39 is 20.6 Å². The van der Waals surface area contributed by atoms with E-state index in [1.165, 1.54) is 4.31 Å². The van der Waals surface area contributed by atoms with Crippen LogP contribution in [0.25, 0.3) is 0 Å². The van der Waals surface area contributed by atoms with Gasteiger partial charge in [-0.05, 0) is 19.3 Å². The predicted molar refractivity (Wildman–Crippen MR) is 82.4 cm³/mol. The number of nitro groups is 1. The monoisotopic (exact) mass is 345 g/mol. The third kappa shape index (κ3) is 4.05. The number of rotatable bonds is 6. The molecule has 2 rings (SSSR count). The maximum Gasteiger partial charge on any atom is 0.372 e. The summed E-state index contributed by atoms with van der Waals surface area (Å²) in [6.07, 6.45) is 2.17. The number of hydrogen-bond donors (Lipinski definition) is 1. The minimum Gasteiger partial charge on any atom is -0.469 e. The van der Waals surface area contributed by atoms with Crippen LogP contribution in [-0.2, 0) is 10.0 Å². The molecular formula is C12H19N5O5S. The van der Waals surface area contributed by atoms with Crippen molar-refractivity contribution in [3.8, 4) is 5.88 Å². The molecule has 0 bridgehead atoms. The fourth-order valence-corrected chi connectivity index (χ4v) is 3.95. The first-order valence-corrected chi connectivity index (χ1v) is 8.85. The lowest BCUT2D eigenvalue weighted by molar-refractivity contribution is -0.385. The Labute approximate surface area is 133 Å². The summed E-state index contributed by atoms with van der Waals surface area (Å²) in [4.78, 5) is 17.7. The predicted octanol–water partition coefficient (Wildman–Crippen LogP) is 0.550. The second kappa shape index (κ2) is 7.04. The van der Waals surface area contributed by atoms with Crippen LogP contribution in [0.15, 0.2) is 6.33 Å². The van der Waals surface area contributed by atoms with E-state index in [2.05, 4.69) is 9.97 Å². The Bertz CT molecular complexity index is 672. The highest BCUT2D eigenvalue weighted by Crippen LogP contribution is 2.30. The third-order valence-electron chi connectivity index (χ3n) is 3.53. The summed E-state index contributed by atoms with van der Waals surface area (Å²) < 4.78 is 31.0. The van der Waals surface area contributed by atoms with Crippen molar-refractivity contribution in [1.82, 2.24) is 14.3 Å². The van der Waals surface area contributed by atoms with E-state index in [4.69, 9.17) is 10.5 Å². The van der Waals surface area contributed by atoms with Crippen molar-refractivity contribution >= 4 is 21.5 Å². The van der Waals surface area contributed by atoms with Gasteiger partial charge in [0.15, 0.2) is 0 Å². The number of piperidine rings is 1. The molecule has 0 radical (unpaired) electrons. The molecule has 2 N–H and O–H groups in total. The van der Waals surface area contributed by atoms with Gasteiger partial charge in [0.25, 0.3) is 5.88 Å². The van der Waals surface area contributed by atoms with Crippen molar-refractivity contribution in [3.05, 3.63) is 16.4 Å². The molecule has 0 aromatic carbocycles. The lowest BCUT2D eigenvalue weighted by atomic mass is 10.1. The summed E-state index contributed by atoms with van der Waals surface area (Å²) in [5.74, 6) is -0.327. The first-order valence-electron chi connectivity index (χ1n) is 7.24. The fourth-order valence-electron chi connectivity index (χ4n) is 2.41. The minimum atomic E-state index is -3.23. The van der Waals surface area contributed by atoms with E-state index in [1.807, 2.05) is 6.92 Å². The van der Waals surface area contributed by atoms with E-state index in [0.29, 0.717) is 32.4 Å². The number of hydrogen-bond acceptors (Lipinski definition) is 8. The Kier molecular flexibility index (Phi) is 5.31. The van der Waals surface area contributed by atoms with E-state index >= 15 is 0 Å². The Hall–Kier alpha value is -2.01. The van der Waals surface area contributed by atoms with Crippen LogP contribution in [-0.4, -0.2) is 52.6 Å². The van der Waals surface area contributed by atoms with E-state index in [9.17, 15) is 18.5 Å². The van der Waals surface area contributed by atoms with Crippen LogP contribution in [0.4, 0.5) is 11.5 Å². The maximum atomic E-state index is 12.0. The Morgan fingerprint density at radius 2 is 2.09 bits per heavy atom. The molecule has 0 aliphatic carbocycles. The molecule has 128 valence electrons. The normalized spacial score (nSPS) is 17.1. The molecule has 1 saturated heterocycles. The highest BCUT2D eigenvalue weighted by Gasteiger charge is 2.31. The number of anilines is 1. The quantitative estimate of drug-likeness (QED) is 0.582. The van der Waals surface area contributed by atoms with Gasteiger partial charge in [-0.25, -0.2) is 17.7 Å². The molecule has 0 saturated carbocycles. The van der Waals surface area contributed by atoms with Crippen LogP contribution in [0.2, 0.25) is 0 Å². The van der Waals surface area contributed by atoms with Gasteiger partial charge in [0.1, 0.15) is 12.4 Å². The largest absolute Gasteiger partial charge is 0.469 e. The average molecular weight is 345 g/mol. The van der Waals surface area contributed by atoms with Gasteiger partial charge in [-0.3, -0.25) is 10.1 Å². The van der Waals surface area contributed by atoms with Gasteiger partial charge in [0.2, 0.25) is 15.8 Å². The number of nitrogen functional groups attached to an aromatic ring is 1. The number of nitrogens with two attached hydrogens (primary N) is 1. The first kappa shape index (κ1) is 17.3. The van der Waals surface area contributed by atoms with Crippen LogP contribution in [0, 0.1) is 10.1 Å². The summed E-state index contributed by atoms with van der Waals surface area (Å²) in [6.45, 7) is 2.45. The zero-order chi connectivity index (χ0) is 17.0. The molecule has 1 fully saturated rings. The average Bonchev–Trinajstić information content (AvgIpc) is 2.47. The van der Waals surface area contributed by atoms with Gasteiger partial charge in [0, 0.05) is 13.1 Å². The fraction of sp³-hybridized carbons (Fsp3) is 0.667. The molecular weight excluding hydrogens is 326 g/mol. The molecule has 2 heterocycles. The Morgan fingerprint density at radius 3 is 2.65 bits per heavy atom. The SMILES string of the molecule is CCCS(=O)(=O)N1CCC(Oc2ncnc(N)c2[N+](=O)[O-])CC1. The molecule has 0 unspecified atom stereocenters. The van der Waals surface area contributed by atoms with Gasteiger partial charge >= 0.3 is 5.69 Å². The number of aromatic nitrogens is 2. The molecule has 0 atom stereocenters. The van der Waals surface area contributed by atoms with Gasteiger partial charge in [-0.2, -0.15) is 4.98 Å². The first-order chi connectivity index (χ1) is 10.8. The van der Waals surface area contributed by atoms with Crippen molar-refractivity contribution < 1.29 is 18.1 Å². The number of ether oxygens (including phenoxy) is 1. The van der Waals surface area contributed by atoms with Crippen LogP contribution in [0.1, 0.15) is 26.2 Å². The van der Waals surface area contributed by atoms with Crippen molar-refractivity contribution in [3.63, 3.8) is 0 Å². The van der Waals surface area contributed by atoms with E-state index in [1.54, 1.807) is 0 Å². The zero-order valence-corrected chi connectivity index (χ0v) is 13.5. The van der Waals surface area contributed by atoms with Gasteiger partial charge in [-0.1, -0.05) is 6.92 Å². The van der Waals surface area contributed by atoms with Gasteiger partial charge < -0.3 is 10.5 Å². The van der Waals surface area contributed by atoms with Crippen molar-refractivity contribution in [2.75, 3.05) is 24.6 Å². The minimum absolute atomic E-state index is 0.117. The lowest BCUT2D eigenvalue weighted by Gasteiger charge is -2.30. The standard InChI is InChI=1S/C12H19N5O5S/c1-2-7-23(20,21)16-5-3-9(4-6-16)22-12-10(17(18)19)11(13)14-8-15-12/h8-9H,2-7H2,1H3,(H2,13,14,15). The summed E-state index contributed by atoms with van der Waals surface area (Å²) in [5.41, 5.74) is 5.02. The van der Waals surface area contributed by atoms with Crippen LogP contribution in [0.3, 0.4) is 0 Å². The zero-order valence-electron chi connectivity index (χ0n) is 12.7. The van der Waals surface area contributed by atoms with E-state index in [0.717, 1.165) is 6.33 Å². The molecule has 11 heteroatoms. The van der Waals surface area contributed by atoms with Gasteiger partial charge in [-0.15, -0.1) is 0 Å². The summed E-state index contributed by atoms with van der Waals surface area (Å²) in [6, 6.07) is 0. The molecule has 23 heavy (non-hydrogen) atoms. The highest BCUT2D eigenvalue weighted by molar-refractivity contribution is 7.89. The number of nitrogens with zero attached hydrogens (tertiary/aromatic N) is 4. The third-order valence-corrected chi connectivity index (χ3v) is 5.61. The lowest BCUT2D eigenvalue weighted by Crippen LogP contribution is -2.42. The van der Waals surface area contributed by atoms with E-state index in [-0.39, 0.29) is 23.6 Å². The Morgan fingerprint density at radius 1 is 1.43 bits per heavy atom. The number of sulfonamides is 1. The second-order valence-corrected chi connectivity index (χ2v) is 7.29. The van der Waals surface area contributed by atoms with Crippen LogP contribution >= 0.6 is 0 Å². The smallest absolute Gasteiger partial charge is 0.372 e. The summed E-state index contributed by atoms with van der Waals surface area (Å²) >= 11 is 0. The van der Waals surface area contributed by atoms with Gasteiger partial charge in [0.05, 0.1) is 10.7 Å². The van der Waals surface area contributed by atoms with Crippen molar-refractivity contribution in [2.45, 2.75) is 32.3 Å². The van der Waals surface area contributed by atoms with Crippen molar-refractivity contribution in [1.29, 1.82) is 0 Å². The molecule has 0 spiro atoms. The molecule has 10 nitrogen and oxygen atoms in total. The second-order valence-electron chi connectivity index (χ2n) is 5.20. The molecule has 1 aromatic rings. The van der Waals surface area contributed by atoms with Crippen LogP contribution in [0.5, 0.6) is 5.88 Å². The summed E-state index contributed by atoms with van der Waals surface area (Å²) in [7, 11) is -3.23. The highest BCUT2D eigenvalue weighted by atomic mass is 32.2. The topological polar surface area (TPSA) is 142 Å². The van der Waals surface area contributed by atoms with Crippen LogP contribution < -0.4 is 10.5 Å². The van der Waals surface area contributed by atoms with Crippen molar-refractivity contribution in [2.24, 2.45) is 0 Å². The maximum absolute atomic E-state index is 12.0. The molecule has 1 aliphatic rings.